The van der Waals surface area contributed by atoms with Gasteiger partial charge in [-0.25, -0.2) is 9.97 Å². The van der Waals surface area contributed by atoms with Crippen LogP contribution in [0.2, 0.25) is 0 Å². The van der Waals surface area contributed by atoms with Crippen molar-refractivity contribution in [2.75, 3.05) is 18.5 Å². The molecule has 18 heavy (non-hydrogen) atoms. The van der Waals surface area contributed by atoms with Gasteiger partial charge in [-0.15, -0.1) is 11.3 Å². The monoisotopic (exact) mass is 262 g/mol. The quantitative estimate of drug-likeness (QED) is 0.889. The third-order valence-electron chi connectivity index (χ3n) is 3.30. The Labute approximate surface area is 109 Å². The molecule has 5 nitrogen and oxygen atoms in total. The van der Waals surface area contributed by atoms with Gasteiger partial charge in [0, 0.05) is 13.6 Å². The second kappa shape index (κ2) is 4.53. The molecule has 1 aliphatic heterocycles. The molecule has 2 aromatic heterocycles. The molecular weight excluding hydrogens is 248 g/mol. The minimum Gasteiger partial charge on any atom is -0.357 e. The Morgan fingerprint density at radius 1 is 1.56 bits per heavy atom. The van der Waals surface area contributed by atoms with Crippen LogP contribution in [0.5, 0.6) is 0 Å². The maximum absolute atomic E-state index is 11.9. The fourth-order valence-electron chi connectivity index (χ4n) is 2.44. The lowest BCUT2D eigenvalue weighted by molar-refractivity contribution is -0.121. The zero-order chi connectivity index (χ0) is 12.5. The molecule has 1 aliphatic rings. The summed E-state index contributed by atoms with van der Waals surface area (Å²) in [5.74, 6) is 0.955. The number of nitrogens with one attached hydrogen (secondary N) is 1. The summed E-state index contributed by atoms with van der Waals surface area (Å²) >= 11 is 1.62. The highest BCUT2D eigenvalue weighted by Gasteiger charge is 2.32. The smallest absolute Gasteiger partial charge is 0.242 e. The van der Waals surface area contributed by atoms with E-state index in [-0.39, 0.29) is 11.9 Å². The van der Waals surface area contributed by atoms with Crippen molar-refractivity contribution < 1.29 is 4.79 Å². The van der Waals surface area contributed by atoms with Crippen LogP contribution in [0.15, 0.2) is 17.8 Å². The SMILES string of the molecule is CNC(=O)C1CCCN1c1ncnc2ccsc12. The summed E-state index contributed by atoms with van der Waals surface area (Å²) in [4.78, 5) is 22.6. The molecule has 1 saturated heterocycles. The number of carbonyl (C=O) groups is 1. The number of likely N-dealkylation sites (N-methyl/N-ethyl adjacent to an activating group) is 1. The lowest BCUT2D eigenvalue weighted by atomic mass is 10.2. The molecule has 0 aliphatic carbocycles. The summed E-state index contributed by atoms with van der Waals surface area (Å²) < 4.78 is 1.06. The van der Waals surface area contributed by atoms with E-state index in [0.29, 0.717) is 0 Å². The molecule has 0 radical (unpaired) electrons. The largest absolute Gasteiger partial charge is 0.357 e. The molecule has 6 heteroatoms. The van der Waals surface area contributed by atoms with Gasteiger partial charge in [-0.3, -0.25) is 4.79 Å². The summed E-state index contributed by atoms with van der Waals surface area (Å²) in [5, 5.41) is 4.74. The van der Waals surface area contributed by atoms with Gasteiger partial charge >= 0.3 is 0 Å². The van der Waals surface area contributed by atoms with E-state index in [2.05, 4.69) is 20.2 Å². The van der Waals surface area contributed by atoms with Gasteiger partial charge in [0.05, 0.1) is 10.2 Å². The minimum absolute atomic E-state index is 0.0656. The van der Waals surface area contributed by atoms with Crippen LogP contribution in [0.25, 0.3) is 10.2 Å². The molecule has 94 valence electrons. The number of aromatic nitrogens is 2. The minimum atomic E-state index is -0.102. The van der Waals surface area contributed by atoms with E-state index in [9.17, 15) is 4.79 Å². The molecule has 1 N–H and O–H groups in total. The Kier molecular flexibility index (Phi) is 2.87. The van der Waals surface area contributed by atoms with Crippen LogP contribution < -0.4 is 10.2 Å². The van der Waals surface area contributed by atoms with E-state index in [1.807, 2.05) is 11.4 Å². The average Bonchev–Trinajstić information content (AvgIpc) is 3.05. The maximum Gasteiger partial charge on any atom is 0.242 e. The lowest BCUT2D eigenvalue weighted by Gasteiger charge is -2.24. The Bertz CT molecular complexity index is 582. The van der Waals surface area contributed by atoms with Gasteiger partial charge < -0.3 is 10.2 Å². The predicted octanol–water partition coefficient (Wildman–Crippen LogP) is 1.41. The number of rotatable bonds is 2. The van der Waals surface area contributed by atoms with Crippen molar-refractivity contribution >= 4 is 33.3 Å². The molecular formula is C12H14N4OS. The number of amides is 1. The molecule has 0 saturated carbocycles. The summed E-state index contributed by atoms with van der Waals surface area (Å²) in [6.07, 6.45) is 3.48. The van der Waals surface area contributed by atoms with E-state index < -0.39 is 0 Å². The second-order valence-corrected chi connectivity index (χ2v) is 5.21. The van der Waals surface area contributed by atoms with Crippen LogP contribution in [0.1, 0.15) is 12.8 Å². The van der Waals surface area contributed by atoms with Gasteiger partial charge in [0.2, 0.25) is 5.91 Å². The zero-order valence-corrected chi connectivity index (χ0v) is 10.9. The predicted molar refractivity (Wildman–Crippen MR) is 71.8 cm³/mol. The Hall–Kier alpha value is -1.69. The summed E-state index contributed by atoms with van der Waals surface area (Å²) in [5.41, 5.74) is 0.951. The van der Waals surface area contributed by atoms with E-state index in [4.69, 9.17) is 0 Å². The van der Waals surface area contributed by atoms with Crippen molar-refractivity contribution in [3.63, 3.8) is 0 Å². The summed E-state index contributed by atoms with van der Waals surface area (Å²) in [6, 6.07) is 1.88. The number of hydrogen-bond acceptors (Lipinski definition) is 5. The van der Waals surface area contributed by atoms with Crippen LogP contribution in [-0.2, 0) is 4.79 Å². The van der Waals surface area contributed by atoms with Crippen molar-refractivity contribution in [2.24, 2.45) is 0 Å². The highest BCUT2D eigenvalue weighted by Crippen LogP contribution is 2.32. The van der Waals surface area contributed by atoms with Crippen molar-refractivity contribution in [3.8, 4) is 0 Å². The van der Waals surface area contributed by atoms with Gasteiger partial charge in [-0.05, 0) is 24.3 Å². The first-order chi connectivity index (χ1) is 8.81. The molecule has 3 heterocycles. The molecule has 1 fully saturated rings. The van der Waals surface area contributed by atoms with Crippen molar-refractivity contribution in [3.05, 3.63) is 17.8 Å². The standard InChI is InChI=1S/C12H14N4OS/c1-13-12(17)9-3-2-5-16(9)11-10-8(4-6-18-10)14-7-15-11/h4,6-7,9H,2-3,5H2,1H3,(H,13,17). The average molecular weight is 262 g/mol. The first-order valence-electron chi connectivity index (χ1n) is 5.97. The fraction of sp³-hybridized carbons (Fsp3) is 0.417. The Morgan fingerprint density at radius 3 is 3.28 bits per heavy atom. The van der Waals surface area contributed by atoms with Crippen LogP contribution in [-0.4, -0.2) is 35.5 Å². The normalized spacial score (nSPS) is 19.4. The number of nitrogens with zero attached hydrogens (tertiary/aromatic N) is 3. The van der Waals surface area contributed by atoms with Gasteiger partial charge in [-0.2, -0.15) is 0 Å². The van der Waals surface area contributed by atoms with Crippen LogP contribution >= 0.6 is 11.3 Å². The van der Waals surface area contributed by atoms with E-state index in [0.717, 1.165) is 35.4 Å². The second-order valence-electron chi connectivity index (χ2n) is 4.30. The third kappa shape index (κ3) is 1.73. The van der Waals surface area contributed by atoms with Gasteiger partial charge in [0.15, 0.2) is 5.82 Å². The molecule has 2 aromatic rings. The van der Waals surface area contributed by atoms with Crippen molar-refractivity contribution in [2.45, 2.75) is 18.9 Å². The molecule has 1 atom stereocenters. The third-order valence-corrected chi connectivity index (χ3v) is 4.20. The first-order valence-corrected chi connectivity index (χ1v) is 6.85. The molecule has 1 amide bonds. The van der Waals surface area contributed by atoms with Crippen LogP contribution in [0, 0.1) is 0 Å². The van der Waals surface area contributed by atoms with Crippen molar-refractivity contribution in [1.82, 2.24) is 15.3 Å². The topological polar surface area (TPSA) is 58.1 Å². The van der Waals surface area contributed by atoms with Gasteiger partial charge in [0.1, 0.15) is 12.4 Å². The van der Waals surface area contributed by atoms with Crippen molar-refractivity contribution in [1.29, 1.82) is 0 Å². The van der Waals surface area contributed by atoms with Crippen LogP contribution in [0.3, 0.4) is 0 Å². The molecule has 3 rings (SSSR count). The highest BCUT2D eigenvalue weighted by molar-refractivity contribution is 7.17. The van der Waals surface area contributed by atoms with Gasteiger partial charge in [-0.1, -0.05) is 0 Å². The number of anilines is 1. The number of carbonyl (C=O) groups excluding carboxylic acids is 1. The van der Waals surface area contributed by atoms with E-state index in [1.165, 1.54) is 0 Å². The Balaban J connectivity index is 2.03. The number of fused-ring (bicyclic) bond motifs is 1. The van der Waals surface area contributed by atoms with Crippen LogP contribution in [0.4, 0.5) is 5.82 Å². The van der Waals surface area contributed by atoms with Gasteiger partial charge in [0.25, 0.3) is 0 Å². The lowest BCUT2D eigenvalue weighted by Crippen LogP contribution is -2.42. The highest BCUT2D eigenvalue weighted by atomic mass is 32.1. The summed E-state index contributed by atoms with van der Waals surface area (Å²) in [6.45, 7) is 0.877. The molecule has 0 aromatic carbocycles. The first kappa shape index (κ1) is 11.4. The number of hydrogen-bond donors (Lipinski definition) is 1. The van der Waals surface area contributed by atoms with E-state index in [1.54, 1.807) is 24.7 Å². The maximum atomic E-state index is 11.9. The molecule has 0 bridgehead atoms. The zero-order valence-electron chi connectivity index (χ0n) is 10.1. The fourth-order valence-corrected chi connectivity index (χ4v) is 3.29. The molecule has 0 spiro atoms. The van der Waals surface area contributed by atoms with E-state index >= 15 is 0 Å². The number of thiophene rings is 1. The Morgan fingerprint density at radius 2 is 2.44 bits per heavy atom. The summed E-state index contributed by atoms with van der Waals surface area (Å²) in [7, 11) is 1.68. The molecule has 1 unspecified atom stereocenters.